The quantitative estimate of drug-likeness (QED) is 0.803. The third kappa shape index (κ3) is 4.42. The Bertz CT molecular complexity index is 880. The summed E-state index contributed by atoms with van der Waals surface area (Å²) < 4.78 is 27.2. The molecule has 1 saturated heterocycles. The second kappa shape index (κ2) is 7.73. The SMILES string of the molecule is O=C(NC1CC1)c1ccc(CC2CCN(S(=O)(=O)c3cccs3)CC2)cc1. The third-order valence-electron chi connectivity index (χ3n) is 5.32. The van der Waals surface area contributed by atoms with Crippen LogP contribution in [0, 0.1) is 5.92 Å². The summed E-state index contributed by atoms with van der Waals surface area (Å²) in [6.45, 7) is 1.15. The van der Waals surface area contributed by atoms with Gasteiger partial charge >= 0.3 is 0 Å². The van der Waals surface area contributed by atoms with Gasteiger partial charge in [0, 0.05) is 24.7 Å². The summed E-state index contributed by atoms with van der Waals surface area (Å²) in [5, 5.41) is 4.80. The fraction of sp³-hybridized carbons (Fsp3) is 0.450. The molecule has 1 aliphatic carbocycles. The third-order valence-corrected chi connectivity index (χ3v) is 8.59. The van der Waals surface area contributed by atoms with E-state index >= 15 is 0 Å². The number of rotatable bonds is 6. The van der Waals surface area contributed by atoms with Crippen LogP contribution in [0.1, 0.15) is 41.6 Å². The molecular weight excluding hydrogens is 380 g/mol. The normalized spacial score (nSPS) is 19.1. The van der Waals surface area contributed by atoms with Gasteiger partial charge in [0.15, 0.2) is 0 Å². The molecule has 1 aliphatic heterocycles. The Balaban J connectivity index is 1.30. The molecule has 2 heterocycles. The number of benzene rings is 1. The molecular formula is C20H24N2O3S2. The van der Waals surface area contributed by atoms with E-state index in [0.29, 0.717) is 34.8 Å². The Morgan fingerprint density at radius 3 is 2.37 bits per heavy atom. The van der Waals surface area contributed by atoms with Gasteiger partial charge in [0.1, 0.15) is 4.21 Å². The maximum absolute atomic E-state index is 12.6. The van der Waals surface area contributed by atoms with Gasteiger partial charge in [-0.1, -0.05) is 18.2 Å². The second-order valence-electron chi connectivity index (χ2n) is 7.43. The fourth-order valence-corrected chi connectivity index (χ4v) is 6.13. The molecule has 2 aromatic rings. The number of amides is 1. The number of carbonyl (C=O) groups is 1. The summed E-state index contributed by atoms with van der Waals surface area (Å²) in [7, 11) is -3.33. The van der Waals surface area contributed by atoms with E-state index in [1.165, 1.54) is 16.9 Å². The Kier molecular flexibility index (Phi) is 5.34. The molecule has 27 heavy (non-hydrogen) atoms. The average molecular weight is 405 g/mol. The minimum absolute atomic E-state index is 0.0103. The number of carbonyl (C=O) groups excluding carboxylic acids is 1. The van der Waals surface area contributed by atoms with E-state index in [2.05, 4.69) is 5.32 Å². The topological polar surface area (TPSA) is 66.5 Å². The first-order chi connectivity index (χ1) is 13.0. The standard InChI is InChI=1S/C20H24N2O3S2/c23-20(21-18-7-8-18)17-5-3-15(4-6-17)14-16-9-11-22(12-10-16)27(24,25)19-2-1-13-26-19/h1-6,13,16,18H,7-12,14H2,(H,21,23). The van der Waals surface area contributed by atoms with Gasteiger partial charge in [0.2, 0.25) is 0 Å². The van der Waals surface area contributed by atoms with Gasteiger partial charge in [0.25, 0.3) is 15.9 Å². The molecule has 1 aromatic carbocycles. The lowest BCUT2D eigenvalue weighted by Crippen LogP contribution is -2.38. The summed E-state index contributed by atoms with van der Waals surface area (Å²) in [6, 6.07) is 11.7. The highest BCUT2D eigenvalue weighted by atomic mass is 32.2. The smallest absolute Gasteiger partial charge is 0.252 e. The molecule has 4 rings (SSSR count). The number of sulfonamides is 1. The van der Waals surface area contributed by atoms with E-state index in [4.69, 9.17) is 0 Å². The van der Waals surface area contributed by atoms with Crippen molar-refractivity contribution in [1.29, 1.82) is 0 Å². The zero-order chi connectivity index (χ0) is 18.9. The van der Waals surface area contributed by atoms with Crippen LogP contribution in [0.25, 0.3) is 0 Å². The fourth-order valence-electron chi connectivity index (χ4n) is 3.51. The van der Waals surface area contributed by atoms with Crippen LogP contribution < -0.4 is 5.32 Å². The van der Waals surface area contributed by atoms with Crippen molar-refractivity contribution >= 4 is 27.3 Å². The molecule has 1 aromatic heterocycles. The molecule has 1 amide bonds. The monoisotopic (exact) mass is 404 g/mol. The van der Waals surface area contributed by atoms with Crippen molar-refractivity contribution in [2.45, 2.75) is 42.4 Å². The summed E-state index contributed by atoms with van der Waals surface area (Å²) in [5.41, 5.74) is 1.92. The van der Waals surface area contributed by atoms with E-state index in [0.717, 1.165) is 32.1 Å². The first-order valence-electron chi connectivity index (χ1n) is 9.46. The van der Waals surface area contributed by atoms with Crippen molar-refractivity contribution in [3.63, 3.8) is 0 Å². The molecule has 144 valence electrons. The molecule has 0 spiro atoms. The van der Waals surface area contributed by atoms with Crippen LogP contribution >= 0.6 is 11.3 Å². The average Bonchev–Trinajstić information content (AvgIpc) is 3.30. The van der Waals surface area contributed by atoms with Gasteiger partial charge in [-0.25, -0.2) is 8.42 Å². The maximum Gasteiger partial charge on any atom is 0.252 e. The molecule has 0 unspecified atom stereocenters. The van der Waals surface area contributed by atoms with E-state index in [1.54, 1.807) is 21.8 Å². The predicted octanol–water partition coefficient (Wildman–Crippen LogP) is 3.28. The Labute approximate surface area is 164 Å². The largest absolute Gasteiger partial charge is 0.349 e. The number of nitrogens with zero attached hydrogens (tertiary/aromatic N) is 1. The van der Waals surface area contributed by atoms with Crippen molar-refractivity contribution < 1.29 is 13.2 Å². The molecule has 0 radical (unpaired) electrons. The van der Waals surface area contributed by atoms with Gasteiger partial charge < -0.3 is 5.32 Å². The lowest BCUT2D eigenvalue weighted by molar-refractivity contribution is 0.0951. The van der Waals surface area contributed by atoms with Crippen LogP contribution in [0.3, 0.4) is 0 Å². The van der Waals surface area contributed by atoms with Gasteiger partial charge in [-0.15, -0.1) is 11.3 Å². The van der Waals surface area contributed by atoms with Crippen LogP contribution in [-0.4, -0.2) is 37.8 Å². The number of hydrogen-bond donors (Lipinski definition) is 1. The first kappa shape index (κ1) is 18.7. The zero-order valence-electron chi connectivity index (χ0n) is 15.1. The highest BCUT2D eigenvalue weighted by Gasteiger charge is 2.30. The van der Waals surface area contributed by atoms with Crippen LogP contribution in [0.2, 0.25) is 0 Å². The minimum Gasteiger partial charge on any atom is -0.349 e. The highest BCUT2D eigenvalue weighted by molar-refractivity contribution is 7.91. The number of piperidine rings is 1. The molecule has 5 nitrogen and oxygen atoms in total. The van der Waals surface area contributed by atoms with Crippen LogP contribution in [0.15, 0.2) is 46.0 Å². The van der Waals surface area contributed by atoms with Crippen LogP contribution in [0.5, 0.6) is 0 Å². The number of hydrogen-bond acceptors (Lipinski definition) is 4. The predicted molar refractivity (Wildman–Crippen MR) is 106 cm³/mol. The van der Waals surface area contributed by atoms with Crippen LogP contribution in [0.4, 0.5) is 0 Å². The first-order valence-corrected chi connectivity index (χ1v) is 11.8. The number of nitrogens with one attached hydrogen (secondary N) is 1. The Morgan fingerprint density at radius 1 is 1.07 bits per heavy atom. The van der Waals surface area contributed by atoms with E-state index in [1.807, 2.05) is 24.3 Å². The summed E-state index contributed by atoms with van der Waals surface area (Å²) >= 11 is 1.28. The van der Waals surface area contributed by atoms with E-state index in [-0.39, 0.29) is 5.91 Å². The summed E-state index contributed by atoms with van der Waals surface area (Å²) in [4.78, 5) is 12.1. The van der Waals surface area contributed by atoms with Gasteiger partial charge in [-0.05, 0) is 67.2 Å². The Morgan fingerprint density at radius 2 is 1.78 bits per heavy atom. The summed E-state index contributed by atoms with van der Waals surface area (Å²) in [5.74, 6) is 0.488. The molecule has 2 aliphatic rings. The lowest BCUT2D eigenvalue weighted by atomic mass is 9.91. The zero-order valence-corrected chi connectivity index (χ0v) is 16.8. The molecule has 1 N–H and O–H groups in total. The maximum atomic E-state index is 12.6. The van der Waals surface area contributed by atoms with Crippen molar-refractivity contribution in [2.75, 3.05) is 13.1 Å². The van der Waals surface area contributed by atoms with Gasteiger partial charge in [-0.2, -0.15) is 4.31 Å². The van der Waals surface area contributed by atoms with E-state index in [9.17, 15) is 13.2 Å². The molecule has 0 bridgehead atoms. The minimum atomic E-state index is -3.33. The number of thiophene rings is 1. The van der Waals surface area contributed by atoms with Crippen LogP contribution in [-0.2, 0) is 16.4 Å². The second-order valence-corrected chi connectivity index (χ2v) is 10.5. The van der Waals surface area contributed by atoms with Crippen molar-refractivity contribution in [1.82, 2.24) is 9.62 Å². The van der Waals surface area contributed by atoms with Gasteiger partial charge in [0.05, 0.1) is 0 Å². The molecule has 7 heteroatoms. The van der Waals surface area contributed by atoms with Crippen molar-refractivity contribution in [2.24, 2.45) is 5.92 Å². The molecule has 0 atom stereocenters. The summed E-state index contributed by atoms with van der Waals surface area (Å²) in [6.07, 6.45) is 4.84. The van der Waals surface area contributed by atoms with Crippen molar-refractivity contribution in [3.8, 4) is 0 Å². The van der Waals surface area contributed by atoms with E-state index < -0.39 is 10.0 Å². The molecule has 2 fully saturated rings. The molecule has 1 saturated carbocycles. The Hall–Kier alpha value is -1.70. The van der Waals surface area contributed by atoms with Gasteiger partial charge in [-0.3, -0.25) is 4.79 Å². The highest BCUT2D eigenvalue weighted by Crippen LogP contribution is 2.28. The lowest BCUT2D eigenvalue weighted by Gasteiger charge is -2.30. The van der Waals surface area contributed by atoms with Crippen molar-refractivity contribution in [3.05, 3.63) is 52.9 Å².